The molecule has 1 aromatic carbocycles. The number of benzene rings is 1. The number of carbonyl (C=O) groups is 1. The van der Waals surface area contributed by atoms with Crippen LogP contribution in [0.4, 0.5) is 4.79 Å². The maximum absolute atomic E-state index is 12.4. The number of guanidine groups is 1. The second-order valence-electron chi connectivity index (χ2n) is 4.64. The van der Waals surface area contributed by atoms with Gasteiger partial charge in [-0.3, -0.25) is 5.41 Å². The van der Waals surface area contributed by atoms with Crippen molar-refractivity contribution in [1.82, 2.24) is 14.9 Å². The van der Waals surface area contributed by atoms with Gasteiger partial charge in [0, 0.05) is 6.54 Å². The molecule has 0 spiro atoms. The fraction of sp³-hybridized carbons (Fsp3) is 0.231. The summed E-state index contributed by atoms with van der Waals surface area (Å²) in [4.78, 5) is 11.0. The second kappa shape index (κ2) is 6.06. The maximum Gasteiger partial charge on any atom is 0.312 e. The van der Waals surface area contributed by atoms with Crippen molar-refractivity contribution in [3.05, 3.63) is 42.5 Å². The largest absolute Gasteiger partial charge is 0.354 e. The van der Waals surface area contributed by atoms with E-state index in [4.69, 9.17) is 11.1 Å². The van der Waals surface area contributed by atoms with Crippen LogP contribution in [0.15, 0.2) is 41.8 Å². The molecule has 0 aliphatic carbocycles. The summed E-state index contributed by atoms with van der Waals surface area (Å²) in [5.41, 5.74) is 5.73. The lowest BCUT2D eigenvalue weighted by Gasteiger charge is -2.18. The summed E-state index contributed by atoms with van der Waals surface area (Å²) in [6.07, 6.45) is 1.49. The highest BCUT2D eigenvalue weighted by molar-refractivity contribution is 7.89. The van der Waals surface area contributed by atoms with Gasteiger partial charge in [0.05, 0.1) is 17.5 Å². The van der Waals surface area contributed by atoms with Gasteiger partial charge in [0.2, 0.25) is 5.96 Å². The Morgan fingerprint density at radius 3 is 2.55 bits per heavy atom. The minimum Gasteiger partial charge on any atom is -0.354 e. The first kappa shape index (κ1) is 15.8. The number of hydrogen-bond acceptors (Lipinski definition) is 4. The smallest absolute Gasteiger partial charge is 0.312 e. The lowest BCUT2D eigenvalue weighted by atomic mass is 10.1. The molecule has 0 bridgehead atoms. The highest BCUT2D eigenvalue weighted by atomic mass is 32.2. The van der Waals surface area contributed by atoms with E-state index in [1.54, 1.807) is 12.1 Å². The van der Waals surface area contributed by atoms with E-state index in [1.165, 1.54) is 18.2 Å². The Hall–Kier alpha value is -2.55. The number of amides is 2. The first-order valence-electron chi connectivity index (χ1n) is 6.50. The Morgan fingerprint density at radius 1 is 1.45 bits per heavy atom. The Balaban J connectivity index is 2.26. The van der Waals surface area contributed by atoms with Gasteiger partial charge >= 0.3 is 6.03 Å². The van der Waals surface area contributed by atoms with E-state index in [0.717, 1.165) is 4.31 Å². The molecule has 22 heavy (non-hydrogen) atoms. The van der Waals surface area contributed by atoms with E-state index >= 15 is 0 Å². The van der Waals surface area contributed by atoms with Crippen LogP contribution in [0.3, 0.4) is 0 Å². The predicted molar refractivity (Wildman–Crippen MR) is 81.7 cm³/mol. The van der Waals surface area contributed by atoms with Crippen molar-refractivity contribution >= 4 is 22.0 Å². The SMILES string of the molecule is C=CC(NC(N)=O)c1ccc(S(=O)(=O)N2CCNC2=N)cc1. The highest BCUT2D eigenvalue weighted by Crippen LogP contribution is 2.21. The minimum atomic E-state index is -3.75. The third kappa shape index (κ3) is 3.03. The topological polar surface area (TPSA) is 128 Å². The standard InChI is InChI=1S/C13H17N5O3S/c1-2-11(17-13(15)19)9-3-5-10(6-4-9)22(20,21)18-8-7-16-12(18)14/h2-6,11H,1,7-8H2,(H2,14,16)(H3,15,17,19). The van der Waals surface area contributed by atoms with Crippen LogP contribution >= 0.6 is 0 Å². The number of primary amides is 1. The van der Waals surface area contributed by atoms with Gasteiger partial charge in [-0.15, -0.1) is 6.58 Å². The molecule has 0 aromatic heterocycles. The molecule has 1 aliphatic heterocycles. The van der Waals surface area contributed by atoms with Crippen molar-refractivity contribution in [2.45, 2.75) is 10.9 Å². The first-order chi connectivity index (χ1) is 10.4. The van der Waals surface area contributed by atoms with Crippen LogP contribution < -0.4 is 16.4 Å². The summed E-state index contributed by atoms with van der Waals surface area (Å²) in [7, 11) is -3.75. The molecule has 5 N–H and O–H groups in total. The number of carbonyl (C=O) groups excluding carboxylic acids is 1. The number of hydrogen-bond donors (Lipinski definition) is 4. The van der Waals surface area contributed by atoms with Crippen LogP contribution in [0.1, 0.15) is 11.6 Å². The van der Waals surface area contributed by atoms with Crippen molar-refractivity contribution in [2.24, 2.45) is 5.73 Å². The zero-order valence-electron chi connectivity index (χ0n) is 11.7. The molecule has 0 saturated carbocycles. The van der Waals surface area contributed by atoms with Crippen molar-refractivity contribution in [2.75, 3.05) is 13.1 Å². The highest BCUT2D eigenvalue weighted by Gasteiger charge is 2.30. The summed E-state index contributed by atoms with van der Waals surface area (Å²) >= 11 is 0. The zero-order chi connectivity index (χ0) is 16.3. The average Bonchev–Trinajstić information content (AvgIpc) is 2.91. The van der Waals surface area contributed by atoms with Gasteiger partial charge in [-0.1, -0.05) is 18.2 Å². The Labute approximate surface area is 128 Å². The fourth-order valence-corrected chi connectivity index (χ4v) is 3.49. The molecule has 118 valence electrons. The van der Waals surface area contributed by atoms with Crippen LogP contribution in [0.25, 0.3) is 0 Å². The van der Waals surface area contributed by atoms with Gasteiger partial charge < -0.3 is 16.4 Å². The van der Waals surface area contributed by atoms with E-state index in [9.17, 15) is 13.2 Å². The number of nitrogens with two attached hydrogens (primary N) is 1. The normalized spacial score (nSPS) is 16.0. The first-order valence-corrected chi connectivity index (χ1v) is 7.94. The van der Waals surface area contributed by atoms with Crippen molar-refractivity contribution in [1.29, 1.82) is 5.41 Å². The maximum atomic E-state index is 12.4. The van der Waals surface area contributed by atoms with Gasteiger partial charge in [0.15, 0.2) is 0 Å². The quantitative estimate of drug-likeness (QED) is 0.573. The van der Waals surface area contributed by atoms with Gasteiger partial charge in [-0.25, -0.2) is 17.5 Å². The average molecular weight is 323 g/mol. The third-order valence-corrected chi connectivity index (χ3v) is 5.03. The molecule has 1 aliphatic rings. The van der Waals surface area contributed by atoms with E-state index < -0.39 is 22.1 Å². The molecule has 1 aromatic rings. The Kier molecular flexibility index (Phi) is 4.36. The van der Waals surface area contributed by atoms with Gasteiger partial charge in [-0.05, 0) is 17.7 Å². The lowest BCUT2D eigenvalue weighted by Crippen LogP contribution is -2.35. The van der Waals surface area contributed by atoms with Crippen LogP contribution in [-0.4, -0.2) is 37.8 Å². The van der Waals surface area contributed by atoms with E-state index in [1.807, 2.05) is 0 Å². The van der Waals surface area contributed by atoms with Crippen molar-refractivity contribution < 1.29 is 13.2 Å². The molecule has 1 unspecified atom stereocenters. The van der Waals surface area contributed by atoms with Crippen molar-refractivity contribution in [3.8, 4) is 0 Å². The number of nitrogens with one attached hydrogen (secondary N) is 3. The van der Waals surface area contributed by atoms with E-state index in [0.29, 0.717) is 12.1 Å². The van der Waals surface area contributed by atoms with Gasteiger partial charge in [0.1, 0.15) is 0 Å². The van der Waals surface area contributed by atoms with Gasteiger partial charge in [-0.2, -0.15) is 0 Å². The third-order valence-electron chi connectivity index (χ3n) is 3.22. The minimum absolute atomic E-state index is 0.0755. The van der Waals surface area contributed by atoms with Gasteiger partial charge in [0.25, 0.3) is 10.0 Å². The number of sulfonamides is 1. The zero-order valence-corrected chi connectivity index (χ0v) is 12.6. The number of rotatable bonds is 5. The predicted octanol–water partition coefficient (Wildman–Crippen LogP) is 0.111. The molecule has 9 heteroatoms. The molecular weight excluding hydrogens is 306 g/mol. The van der Waals surface area contributed by atoms with Crippen molar-refractivity contribution in [3.63, 3.8) is 0 Å². The molecule has 0 radical (unpaired) electrons. The Bertz CT molecular complexity index is 699. The van der Waals surface area contributed by atoms with Crippen LogP contribution in [0.2, 0.25) is 0 Å². The lowest BCUT2D eigenvalue weighted by molar-refractivity contribution is 0.247. The van der Waals surface area contributed by atoms with Crippen LogP contribution in [0.5, 0.6) is 0 Å². The molecule has 1 fully saturated rings. The molecule has 1 saturated heterocycles. The Morgan fingerprint density at radius 2 is 2.09 bits per heavy atom. The molecule has 8 nitrogen and oxygen atoms in total. The number of urea groups is 1. The molecule has 1 atom stereocenters. The number of nitrogens with zero attached hydrogens (tertiary/aromatic N) is 1. The summed E-state index contributed by atoms with van der Waals surface area (Å²) in [5.74, 6) is -0.136. The second-order valence-corrected chi connectivity index (χ2v) is 6.51. The van der Waals surface area contributed by atoms with Crippen LogP contribution in [-0.2, 0) is 10.0 Å². The summed E-state index contributed by atoms with van der Waals surface area (Å²) < 4.78 is 25.8. The molecule has 2 amide bonds. The summed E-state index contributed by atoms with van der Waals surface area (Å²) in [5, 5.41) is 12.7. The monoisotopic (exact) mass is 323 g/mol. The molecular formula is C13H17N5O3S. The van der Waals surface area contributed by atoms with E-state index in [-0.39, 0.29) is 17.4 Å². The van der Waals surface area contributed by atoms with Crippen LogP contribution in [0, 0.1) is 5.41 Å². The van der Waals surface area contributed by atoms with E-state index in [2.05, 4.69) is 17.2 Å². The molecule has 2 rings (SSSR count). The molecule has 1 heterocycles. The summed E-state index contributed by atoms with van der Waals surface area (Å²) in [6, 6.07) is 4.80. The fourth-order valence-electron chi connectivity index (χ4n) is 2.12. The summed E-state index contributed by atoms with van der Waals surface area (Å²) in [6.45, 7) is 4.24.